The molecule has 128 valence electrons. The number of benzene rings is 1. The van der Waals surface area contributed by atoms with E-state index in [0.29, 0.717) is 12.1 Å². The molecule has 0 bridgehead atoms. The zero-order valence-corrected chi connectivity index (χ0v) is 13.3. The molecule has 24 heavy (non-hydrogen) atoms. The Labute approximate surface area is 139 Å². The van der Waals surface area contributed by atoms with Gasteiger partial charge < -0.3 is 10.8 Å². The third-order valence-electron chi connectivity index (χ3n) is 4.46. The predicted octanol–water partition coefficient (Wildman–Crippen LogP) is 1.56. The molecule has 1 saturated heterocycles. The Hall–Kier alpha value is -2.25. The largest absolute Gasteiger partial charge is 0.387 e. The number of nitrogens with one attached hydrogen (secondary N) is 1. The highest BCUT2D eigenvalue weighted by molar-refractivity contribution is 5.90. The minimum atomic E-state index is -0.734. The third kappa shape index (κ3) is 3.80. The van der Waals surface area contributed by atoms with Gasteiger partial charge in [0, 0.05) is 24.7 Å². The van der Waals surface area contributed by atoms with Crippen molar-refractivity contribution in [3.05, 3.63) is 53.1 Å². The van der Waals surface area contributed by atoms with Crippen LogP contribution in [0.4, 0.5) is 4.39 Å². The zero-order chi connectivity index (χ0) is 17.1. The molecule has 0 saturated carbocycles. The van der Waals surface area contributed by atoms with E-state index in [0.717, 1.165) is 31.6 Å². The summed E-state index contributed by atoms with van der Waals surface area (Å²) in [5, 5.41) is 17.1. The number of nitrogens with zero attached hydrogens (tertiary/aromatic N) is 2. The highest BCUT2D eigenvalue weighted by Gasteiger charge is 2.25. The maximum atomic E-state index is 13.3. The van der Waals surface area contributed by atoms with Gasteiger partial charge in [0.15, 0.2) is 0 Å². The van der Waals surface area contributed by atoms with Crippen molar-refractivity contribution < 1.29 is 14.3 Å². The van der Waals surface area contributed by atoms with Crippen molar-refractivity contribution in [2.45, 2.75) is 24.9 Å². The lowest BCUT2D eigenvalue weighted by Gasteiger charge is -2.33. The number of aliphatic hydroxyl groups is 1. The number of aliphatic hydroxyl groups excluding tert-OH is 1. The summed E-state index contributed by atoms with van der Waals surface area (Å²) in [6, 6.07) is 7.74. The van der Waals surface area contributed by atoms with Crippen molar-refractivity contribution >= 4 is 5.91 Å². The molecule has 1 aliphatic rings. The number of nitrogens with two attached hydrogens (primary N) is 1. The standard InChI is InChI=1S/C17H21FN4O2/c18-13-5-1-3-11(7-13)16(23)10-22-6-2-4-12(9-22)14-8-15(17(19)24)21-20-14/h1,3,5,7-8,12,16,23H,2,4,6,9-10H2,(H2,19,24)(H,20,21)/t12-,16+/m0/s1. The molecule has 1 fully saturated rings. The van der Waals surface area contributed by atoms with Crippen LogP contribution in [0.25, 0.3) is 0 Å². The number of likely N-dealkylation sites (tertiary alicyclic amines) is 1. The number of carbonyl (C=O) groups is 1. The number of piperidine rings is 1. The van der Waals surface area contributed by atoms with Gasteiger partial charge in [0.25, 0.3) is 5.91 Å². The number of primary amides is 1. The lowest BCUT2D eigenvalue weighted by Crippen LogP contribution is -2.37. The van der Waals surface area contributed by atoms with Gasteiger partial charge in [-0.15, -0.1) is 0 Å². The van der Waals surface area contributed by atoms with Crippen molar-refractivity contribution in [1.82, 2.24) is 15.1 Å². The highest BCUT2D eigenvalue weighted by Crippen LogP contribution is 2.27. The Morgan fingerprint density at radius 3 is 3.04 bits per heavy atom. The summed E-state index contributed by atoms with van der Waals surface area (Å²) in [6.07, 6.45) is 1.22. The molecular formula is C17H21FN4O2. The molecule has 1 amide bonds. The number of β-amino-alcohol motifs (C(OH)–C–C–N with tert-alkyl or cyclic N) is 1. The number of H-pyrrole nitrogens is 1. The smallest absolute Gasteiger partial charge is 0.269 e. The van der Waals surface area contributed by atoms with Crippen LogP contribution in [0.2, 0.25) is 0 Å². The summed E-state index contributed by atoms with van der Waals surface area (Å²) in [5.41, 5.74) is 6.93. The number of carbonyl (C=O) groups excluding carboxylic acids is 1. The van der Waals surface area contributed by atoms with E-state index < -0.39 is 12.0 Å². The van der Waals surface area contributed by atoms with Crippen LogP contribution in [0.5, 0.6) is 0 Å². The van der Waals surface area contributed by atoms with Gasteiger partial charge in [-0.2, -0.15) is 5.10 Å². The number of hydrogen-bond acceptors (Lipinski definition) is 4. The molecule has 1 aliphatic heterocycles. The van der Waals surface area contributed by atoms with Crippen LogP contribution in [-0.4, -0.2) is 45.7 Å². The fourth-order valence-corrected chi connectivity index (χ4v) is 3.21. The lowest BCUT2D eigenvalue weighted by atomic mass is 9.94. The van der Waals surface area contributed by atoms with Crippen molar-refractivity contribution in [1.29, 1.82) is 0 Å². The molecule has 1 aromatic carbocycles. The first-order valence-electron chi connectivity index (χ1n) is 8.04. The minimum Gasteiger partial charge on any atom is -0.387 e. The van der Waals surface area contributed by atoms with E-state index >= 15 is 0 Å². The molecule has 7 heteroatoms. The van der Waals surface area contributed by atoms with Crippen LogP contribution in [-0.2, 0) is 0 Å². The van der Waals surface area contributed by atoms with Gasteiger partial charge in [0.2, 0.25) is 0 Å². The van der Waals surface area contributed by atoms with Gasteiger partial charge in [-0.05, 0) is 43.1 Å². The molecule has 0 aliphatic carbocycles. The van der Waals surface area contributed by atoms with Crippen LogP contribution in [0.3, 0.4) is 0 Å². The van der Waals surface area contributed by atoms with E-state index in [1.807, 2.05) is 0 Å². The van der Waals surface area contributed by atoms with Crippen molar-refractivity contribution in [3.63, 3.8) is 0 Å². The van der Waals surface area contributed by atoms with E-state index in [9.17, 15) is 14.3 Å². The molecule has 6 nitrogen and oxygen atoms in total. The van der Waals surface area contributed by atoms with E-state index in [1.165, 1.54) is 12.1 Å². The number of aromatic nitrogens is 2. The van der Waals surface area contributed by atoms with E-state index in [2.05, 4.69) is 15.1 Å². The van der Waals surface area contributed by atoms with Crippen molar-refractivity contribution in [3.8, 4) is 0 Å². The monoisotopic (exact) mass is 332 g/mol. The summed E-state index contributed by atoms with van der Waals surface area (Å²) >= 11 is 0. The Morgan fingerprint density at radius 1 is 1.50 bits per heavy atom. The molecule has 2 heterocycles. The van der Waals surface area contributed by atoms with Gasteiger partial charge in [0.05, 0.1) is 6.10 Å². The second-order valence-electron chi connectivity index (χ2n) is 6.24. The maximum Gasteiger partial charge on any atom is 0.269 e. The van der Waals surface area contributed by atoms with Crippen LogP contribution >= 0.6 is 0 Å². The summed E-state index contributed by atoms with van der Waals surface area (Å²) in [7, 11) is 0. The molecule has 4 N–H and O–H groups in total. The number of halogens is 1. The Balaban J connectivity index is 1.63. The summed E-state index contributed by atoms with van der Waals surface area (Å²) in [6.45, 7) is 2.06. The van der Waals surface area contributed by atoms with Gasteiger partial charge >= 0.3 is 0 Å². The summed E-state index contributed by atoms with van der Waals surface area (Å²) < 4.78 is 13.3. The van der Waals surface area contributed by atoms with E-state index in [4.69, 9.17) is 5.73 Å². The summed E-state index contributed by atoms with van der Waals surface area (Å²) in [4.78, 5) is 13.3. The molecule has 0 spiro atoms. The number of aromatic amines is 1. The van der Waals surface area contributed by atoms with Crippen molar-refractivity contribution in [2.24, 2.45) is 5.73 Å². The van der Waals surface area contributed by atoms with E-state index in [-0.39, 0.29) is 17.4 Å². The van der Waals surface area contributed by atoms with Gasteiger partial charge in [-0.1, -0.05) is 12.1 Å². The second-order valence-corrected chi connectivity index (χ2v) is 6.24. The topological polar surface area (TPSA) is 95.2 Å². The molecule has 1 aromatic heterocycles. The first-order valence-corrected chi connectivity index (χ1v) is 8.04. The van der Waals surface area contributed by atoms with Gasteiger partial charge in [-0.25, -0.2) is 4.39 Å². The molecule has 3 rings (SSSR count). The summed E-state index contributed by atoms with van der Waals surface area (Å²) in [5.74, 6) is -0.690. The third-order valence-corrected chi connectivity index (χ3v) is 4.46. The molecular weight excluding hydrogens is 311 g/mol. The number of amides is 1. The fraction of sp³-hybridized carbons (Fsp3) is 0.412. The molecule has 2 aromatic rings. The average Bonchev–Trinajstić information content (AvgIpc) is 3.05. The Kier molecular flexibility index (Phi) is 4.92. The Morgan fingerprint density at radius 2 is 2.33 bits per heavy atom. The zero-order valence-electron chi connectivity index (χ0n) is 13.3. The maximum absolute atomic E-state index is 13.3. The van der Waals surface area contributed by atoms with Crippen LogP contribution in [0.1, 0.15) is 46.6 Å². The first-order chi connectivity index (χ1) is 11.5. The van der Waals surface area contributed by atoms with Gasteiger partial charge in [0.1, 0.15) is 11.5 Å². The van der Waals surface area contributed by atoms with Gasteiger partial charge in [-0.3, -0.25) is 14.8 Å². The average molecular weight is 332 g/mol. The number of hydrogen-bond donors (Lipinski definition) is 3. The first kappa shape index (κ1) is 16.6. The SMILES string of the molecule is NC(=O)c1cc([C@H]2CCCN(C[C@@H](O)c3cccc(F)c3)C2)[nH]n1. The van der Waals surface area contributed by atoms with Crippen LogP contribution < -0.4 is 5.73 Å². The van der Waals surface area contributed by atoms with Crippen molar-refractivity contribution in [2.75, 3.05) is 19.6 Å². The quantitative estimate of drug-likeness (QED) is 0.774. The van der Waals surface area contributed by atoms with E-state index in [1.54, 1.807) is 18.2 Å². The minimum absolute atomic E-state index is 0.207. The van der Waals surface area contributed by atoms with Crippen LogP contribution in [0, 0.1) is 5.82 Å². The lowest BCUT2D eigenvalue weighted by molar-refractivity contribution is 0.0948. The predicted molar refractivity (Wildman–Crippen MR) is 86.9 cm³/mol. The Bertz CT molecular complexity index is 718. The highest BCUT2D eigenvalue weighted by atomic mass is 19.1. The number of rotatable bonds is 5. The normalized spacial score (nSPS) is 20.0. The molecule has 2 atom stereocenters. The second kappa shape index (κ2) is 7.11. The fourth-order valence-electron chi connectivity index (χ4n) is 3.21. The van der Waals surface area contributed by atoms with Crippen LogP contribution in [0.15, 0.2) is 30.3 Å². The molecule has 0 unspecified atom stereocenters. The molecule has 0 radical (unpaired) electrons.